The van der Waals surface area contributed by atoms with Crippen molar-refractivity contribution in [3.63, 3.8) is 0 Å². The molecule has 0 saturated carbocycles. The molecule has 5 heteroatoms. The van der Waals surface area contributed by atoms with Gasteiger partial charge in [0.25, 0.3) is 0 Å². The SMILES string of the molecule is CC(CC#N)NCc1cc(F)c(O)c(F)c1. The summed E-state index contributed by atoms with van der Waals surface area (Å²) in [4.78, 5) is 0. The number of halogens is 2. The predicted octanol–water partition coefficient (Wildman–Crippen LogP) is 2.06. The van der Waals surface area contributed by atoms with Crippen molar-refractivity contribution in [3.05, 3.63) is 29.3 Å². The van der Waals surface area contributed by atoms with Crippen LogP contribution in [-0.2, 0) is 6.54 Å². The summed E-state index contributed by atoms with van der Waals surface area (Å²) in [6, 6.07) is 4.05. The van der Waals surface area contributed by atoms with E-state index in [0.717, 1.165) is 12.1 Å². The van der Waals surface area contributed by atoms with Gasteiger partial charge in [-0.1, -0.05) is 0 Å². The van der Waals surface area contributed by atoms with Gasteiger partial charge in [-0.05, 0) is 24.6 Å². The third-order valence-electron chi connectivity index (χ3n) is 2.13. The minimum Gasteiger partial charge on any atom is -0.503 e. The molecular weight excluding hydrogens is 214 g/mol. The first-order chi connectivity index (χ1) is 7.54. The second kappa shape index (κ2) is 5.42. The van der Waals surface area contributed by atoms with E-state index in [1.54, 1.807) is 6.92 Å². The van der Waals surface area contributed by atoms with Crippen molar-refractivity contribution < 1.29 is 13.9 Å². The van der Waals surface area contributed by atoms with Gasteiger partial charge in [0.2, 0.25) is 0 Å². The lowest BCUT2D eigenvalue weighted by Gasteiger charge is -2.10. The molecule has 1 aromatic rings. The van der Waals surface area contributed by atoms with Gasteiger partial charge in [-0.3, -0.25) is 0 Å². The Bertz CT molecular complexity index is 392. The molecule has 1 rings (SSSR count). The van der Waals surface area contributed by atoms with Crippen LogP contribution in [0.5, 0.6) is 5.75 Å². The zero-order chi connectivity index (χ0) is 12.1. The minimum absolute atomic E-state index is 0.0510. The van der Waals surface area contributed by atoms with Crippen LogP contribution in [0.3, 0.4) is 0 Å². The molecule has 1 aromatic carbocycles. The predicted molar refractivity (Wildman–Crippen MR) is 54.6 cm³/mol. The van der Waals surface area contributed by atoms with Crippen molar-refractivity contribution in [2.45, 2.75) is 25.9 Å². The van der Waals surface area contributed by atoms with Gasteiger partial charge < -0.3 is 10.4 Å². The van der Waals surface area contributed by atoms with Gasteiger partial charge in [0.15, 0.2) is 17.4 Å². The molecule has 0 heterocycles. The summed E-state index contributed by atoms with van der Waals surface area (Å²) < 4.78 is 25.9. The number of nitrogens with one attached hydrogen (secondary N) is 1. The minimum atomic E-state index is -0.982. The number of phenols is 1. The van der Waals surface area contributed by atoms with Gasteiger partial charge in [-0.25, -0.2) is 8.78 Å². The van der Waals surface area contributed by atoms with E-state index in [4.69, 9.17) is 10.4 Å². The Morgan fingerprint density at radius 1 is 1.44 bits per heavy atom. The maximum absolute atomic E-state index is 12.9. The van der Waals surface area contributed by atoms with E-state index in [2.05, 4.69) is 5.32 Å². The molecule has 0 aliphatic heterocycles. The van der Waals surface area contributed by atoms with Gasteiger partial charge in [0.05, 0.1) is 12.5 Å². The largest absolute Gasteiger partial charge is 0.503 e. The number of hydrogen-bond donors (Lipinski definition) is 2. The number of hydrogen-bond acceptors (Lipinski definition) is 3. The number of phenolic OH excluding ortho intramolecular Hbond substituents is 1. The molecule has 0 spiro atoms. The average Bonchev–Trinajstić information content (AvgIpc) is 2.23. The van der Waals surface area contributed by atoms with Crippen LogP contribution < -0.4 is 5.32 Å². The van der Waals surface area contributed by atoms with E-state index in [1.807, 2.05) is 6.07 Å². The highest BCUT2D eigenvalue weighted by molar-refractivity contribution is 5.29. The molecule has 0 bridgehead atoms. The quantitative estimate of drug-likeness (QED) is 0.826. The van der Waals surface area contributed by atoms with E-state index in [-0.39, 0.29) is 12.6 Å². The molecule has 86 valence electrons. The van der Waals surface area contributed by atoms with Crippen molar-refractivity contribution in [1.29, 1.82) is 5.26 Å². The first-order valence-corrected chi connectivity index (χ1v) is 4.81. The van der Waals surface area contributed by atoms with Crippen LogP contribution in [0.4, 0.5) is 8.78 Å². The van der Waals surface area contributed by atoms with Crippen LogP contribution in [0, 0.1) is 23.0 Å². The first-order valence-electron chi connectivity index (χ1n) is 4.81. The Morgan fingerprint density at radius 3 is 2.50 bits per heavy atom. The summed E-state index contributed by atoms with van der Waals surface area (Å²) in [5.74, 6) is -2.93. The first kappa shape index (κ1) is 12.4. The molecule has 0 aliphatic rings. The smallest absolute Gasteiger partial charge is 0.187 e. The van der Waals surface area contributed by atoms with E-state index in [9.17, 15) is 8.78 Å². The van der Waals surface area contributed by atoms with Crippen LogP contribution >= 0.6 is 0 Å². The molecule has 0 aromatic heterocycles. The highest BCUT2D eigenvalue weighted by Crippen LogP contribution is 2.21. The number of aromatic hydroxyl groups is 1. The van der Waals surface area contributed by atoms with Crippen molar-refractivity contribution in [2.24, 2.45) is 0 Å². The van der Waals surface area contributed by atoms with Crippen molar-refractivity contribution >= 4 is 0 Å². The number of nitrogens with zero attached hydrogens (tertiary/aromatic N) is 1. The van der Waals surface area contributed by atoms with E-state index >= 15 is 0 Å². The van der Waals surface area contributed by atoms with Crippen molar-refractivity contribution in [3.8, 4) is 11.8 Å². The molecule has 1 unspecified atom stereocenters. The summed E-state index contributed by atoms with van der Waals surface area (Å²) >= 11 is 0. The van der Waals surface area contributed by atoms with Crippen LogP contribution in [-0.4, -0.2) is 11.1 Å². The molecule has 0 radical (unpaired) electrons. The molecule has 0 fully saturated rings. The van der Waals surface area contributed by atoms with Gasteiger partial charge in [-0.2, -0.15) is 5.26 Å². The molecule has 2 N–H and O–H groups in total. The van der Waals surface area contributed by atoms with Crippen LogP contribution in [0.15, 0.2) is 12.1 Å². The van der Waals surface area contributed by atoms with Crippen LogP contribution in [0.25, 0.3) is 0 Å². The van der Waals surface area contributed by atoms with Crippen LogP contribution in [0.1, 0.15) is 18.9 Å². The summed E-state index contributed by atoms with van der Waals surface area (Å²) in [7, 11) is 0. The molecule has 16 heavy (non-hydrogen) atoms. The Labute approximate surface area is 92.3 Å². The molecule has 0 aliphatic carbocycles. The summed E-state index contributed by atoms with van der Waals surface area (Å²) in [5.41, 5.74) is 0.387. The van der Waals surface area contributed by atoms with Gasteiger partial charge in [0, 0.05) is 12.6 Å². The lowest BCUT2D eigenvalue weighted by molar-refractivity contribution is 0.394. The average molecular weight is 226 g/mol. The van der Waals surface area contributed by atoms with Crippen molar-refractivity contribution in [2.75, 3.05) is 0 Å². The van der Waals surface area contributed by atoms with E-state index in [1.165, 1.54) is 0 Å². The molecule has 0 amide bonds. The fraction of sp³-hybridized carbons (Fsp3) is 0.364. The van der Waals surface area contributed by atoms with Crippen molar-refractivity contribution in [1.82, 2.24) is 5.32 Å². The fourth-order valence-electron chi connectivity index (χ4n) is 1.22. The van der Waals surface area contributed by atoms with Gasteiger partial charge in [-0.15, -0.1) is 0 Å². The standard InChI is InChI=1S/C11H12F2N2O/c1-7(2-3-14)15-6-8-4-9(12)11(16)10(13)5-8/h4-5,7,15-16H,2,6H2,1H3. The Balaban J connectivity index is 2.65. The topological polar surface area (TPSA) is 56.0 Å². The third-order valence-corrected chi connectivity index (χ3v) is 2.13. The van der Waals surface area contributed by atoms with Gasteiger partial charge >= 0.3 is 0 Å². The monoisotopic (exact) mass is 226 g/mol. The molecule has 0 saturated heterocycles. The lowest BCUT2D eigenvalue weighted by atomic mass is 10.1. The maximum atomic E-state index is 12.9. The molecule has 3 nitrogen and oxygen atoms in total. The normalized spacial score (nSPS) is 12.1. The second-order valence-corrected chi connectivity index (χ2v) is 3.55. The maximum Gasteiger partial charge on any atom is 0.187 e. The number of nitriles is 1. The van der Waals surface area contributed by atoms with E-state index < -0.39 is 17.4 Å². The lowest BCUT2D eigenvalue weighted by Crippen LogP contribution is -2.24. The summed E-state index contributed by atoms with van der Waals surface area (Å²) in [5, 5.41) is 20.2. The zero-order valence-corrected chi connectivity index (χ0v) is 8.80. The Kier molecular flexibility index (Phi) is 4.20. The summed E-state index contributed by atoms with van der Waals surface area (Å²) in [6.45, 7) is 2.05. The molecular formula is C11H12F2N2O. The van der Waals surface area contributed by atoms with E-state index in [0.29, 0.717) is 12.0 Å². The van der Waals surface area contributed by atoms with Crippen LogP contribution in [0.2, 0.25) is 0 Å². The number of rotatable bonds is 4. The Hall–Kier alpha value is -1.67. The second-order valence-electron chi connectivity index (χ2n) is 3.55. The highest BCUT2D eigenvalue weighted by atomic mass is 19.1. The zero-order valence-electron chi connectivity index (χ0n) is 8.80. The third kappa shape index (κ3) is 3.17. The highest BCUT2D eigenvalue weighted by Gasteiger charge is 2.09. The fourth-order valence-corrected chi connectivity index (χ4v) is 1.22. The summed E-state index contributed by atoms with van der Waals surface area (Å²) in [6.07, 6.45) is 0.322. The molecule has 1 atom stereocenters. The van der Waals surface area contributed by atoms with Gasteiger partial charge in [0.1, 0.15) is 0 Å². The Morgan fingerprint density at radius 2 is 2.00 bits per heavy atom. The number of benzene rings is 1.